The monoisotopic (exact) mass is 325 g/mol. The van der Waals surface area contributed by atoms with Crippen molar-refractivity contribution in [3.05, 3.63) is 76.1 Å². The van der Waals surface area contributed by atoms with Crippen LogP contribution in [0.5, 0.6) is 0 Å². The number of aromatic amines is 1. The first-order valence-electron chi connectivity index (χ1n) is 8.07. The maximum absolute atomic E-state index is 13.2. The van der Waals surface area contributed by atoms with Crippen LogP contribution in [-0.2, 0) is 12.8 Å². The molecule has 4 nitrogen and oxygen atoms in total. The van der Waals surface area contributed by atoms with Crippen molar-refractivity contribution in [3.8, 4) is 0 Å². The third-order valence-corrected chi connectivity index (χ3v) is 3.95. The molecule has 0 aliphatic rings. The van der Waals surface area contributed by atoms with Crippen LogP contribution < -0.4 is 10.9 Å². The quantitative estimate of drug-likeness (QED) is 0.733. The highest BCUT2D eigenvalue weighted by atomic mass is 19.1. The molecular weight excluding hydrogens is 305 g/mol. The van der Waals surface area contributed by atoms with E-state index < -0.39 is 0 Å². The third kappa shape index (κ3) is 4.06. The molecule has 1 aromatic heterocycles. The Kier molecular flexibility index (Phi) is 5.01. The molecule has 0 spiro atoms. The lowest BCUT2D eigenvalue weighted by atomic mass is 10.1. The van der Waals surface area contributed by atoms with Crippen molar-refractivity contribution in [1.29, 1.82) is 0 Å². The van der Waals surface area contributed by atoms with Crippen LogP contribution in [0.1, 0.15) is 18.3 Å². The van der Waals surface area contributed by atoms with Gasteiger partial charge in [-0.2, -0.15) is 0 Å². The molecule has 24 heavy (non-hydrogen) atoms. The van der Waals surface area contributed by atoms with Crippen molar-refractivity contribution < 1.29 is 4.39 Å². The molecule has 0 bridgehead atoms. The summed E-state index contributed by atoms with van der Waals surface area (Å²) in [5, 5.41) is 3.99. The van der Waals surface area contributed by atoms with Crippen molar-refractivity contribution in [2.75, 3.05) is 6.54 Å². The highest BCUT2D eigenvalue weighted by molar-refractivity contribution is 5.77. The zero-order chi connectivity index (χ0) is 16.9. The Balaban J connectivity index is 1.57. The molecular formula is C19H20FN3O. The van der Waals surface area contributed by atoms with Crippen LogP contribution in [0.4, 0.5) is 4.39 Å². The summed E-state index contributed by atoms with van der Waals surface area (Å²) in [4.78, 5) is 19.3. The predicted molar refractivity (Wildman–Crippen MR) is 93.6 cm³/mol. The minimum Gasteiger partial charge on any atom is -0.313 e. The Bertz CT molecular complexity index is 891. The van der Waals surface area contributed by atoms with E-state index in [0.717, 1.165) is 12.0 Å². The number of benzene rings is 2. The van der Waals surface area contributed by atoms with Crippen molar-refractivity contribution >= 4 is 10.9 Å². The Morgan fingerprint density at radius 1 is 1.21 bits per heavy atom. The topological polar surface area (TPSA) is 57.8 Å². The highest BCUT2D eigenvalue weighted by Crippen LogP contribution is 2.07. The summed E-state index contributed by atoms with van der Waals surface area (Å²) >= 11 is 0. The predicted octanol–water partition coefficient (Wildman–Crippen LogP) is 2.83. The van der Waals surface area contributed by atoms with Crippen LogP contribution in [0.2, 0.25) is 0 Å². The number of para-hydroxylation sites is 1. The number of rotatable bonds is 6. The van der Waals surface area contributed by atoms with E-state index in [4.69, 9.17) is 0 Å². The average molecular weight is 325 g/mol. The fourth-order valence-electron chi connectivity index (χ4n) is 2.78. The fourth-order valence-corrected chi connectivity index (χ4v) is 2.78. The van der Waals surface area contributed by atoms with Gasteiger partial charge in [-0.15, -0.1) is 0 Å². The summed E-state index contributed by atoms with van der Waals surface area (Å²) in [5.41, 5.74) is 1.57. The molecule has 3 aromatic rings. The lowest BCUT2D eigenvalue weighted by Crippen LogP contribution is -2.30. The van der Waals surface area contributed by atoms with Crippen LogP contribution in [0.25, 0.3) is 10.9 Å². The standard InChI is InChI=1S/C19H20FN3O/c1-13(11-14-5-4-6-15(20)12-14)21-10-9-18-22-17-8-3-2-7-16(17)19(24)23-18/h2-8,12-13,21H,9-11H2,1H3,(H,22,23,24). The molecule has 2 aromatic carbocycles. The van der Waals surface area contributed by atoms with Crippen LogP contribution in [0, 0.1) is 5.82 Å². The summed E-state index contributed by atoms with van der Waals surface area (Å²) in [6.45, 7) is 2.75. The molecule has 1 atom stereocenters. The minimum atomic E-state index is -0.211. The molecule has 3 rings (SSSR count). The summed E-state index contributed by atoms with van der Waals surface area (Å²) in [5.74, 6) is 0.460. The Labute approximate surface area is 139 Å². The van der Waals surface area contributed by atoms with Gasteiger partial charge in [-0.05, 0) is 43.2 Å². The van der Waals surface area contributed by atoms with Crippen molar-refractivity contribution in [2.45, 2.75) is 25.8 Å². The lowest BCUT2D eigenvalue weighted by molar-refractivity contribution is 0.541. The highest BCUT2D eigenvalue weighted by Gasteiger charge is 2.06. The average Bonchev–Trinajstić information content (AvgIpc) is 2.55. The molecule has 2 N–H and O–H groups in total. The molecule has 0 aliphatic heterocycles. The second kappa shape index (κ2) is 7.36. The van der Waals surface area contributed by atoms with Gasteiger partial charge in [0.25, 0.3) is 5.56 Å². The van der Waals surface area contributed by atoms with E-state index in [9.17, 15) is 9.18 Å². The number of nitrogens with one attached hydrogen (secondary N) is 2. The largest absolute Gasteiger partial charge is 0.313 e. The van der Waals surface area contributed by atoms with Gasteiger partial charge >= 0.3 is 0 Å². The SMILES string of the molecule is CC(Cc1cccc(F)c1)NCCc1nc2ccccc2c(=O)[nH]1. The Hall–Kier alpha value is -2.53. The summed E-state index contributed by atoms with van der Waals surface area (Å²) in [6.07, 6.45) is 1.38. The van der Waals surface area contributed by atoms with Crippen molar-refractivity contribution in [2.24, 2.45) is 0 Å². The third-order valence-electron chi connectivity index (χ3n) is 3.95. The van der Waals surface area contributed by atoms with Crippen molar-refractivity contribution in [3.63, 3.8) is 0 Å². The number of fused-ring (bicyclic) bond motifs is 1. The molecule has 0 saturated heterocycles. The van der Waals surface area contributed by atoms with E-state index in [1.54, 1.807) is 18.2 Å². The molecule has 124 valence electrons. The zero-order valence-corrected chi connectivity index (χ0v) is 13.6. The van der Waals surface area contributed by atoms with E-state index in [1.165, 1.54) is 6.07 Å². The van der Waals surface area contributed by atoms with Crippen LogP contribution >= 0.6 is 0 Å². The van der Waals surface area contributed by atoms with Crippen LogP contribution in [-0.4, -0.2) is 22.6 Å². The molecule has 1 unspecified atom stereocenters. The van der Waals surface area contributed by atoms with Gasteiger partial charge in [0.05, 0.1) is 10.9 Å². The van der Waals surface area contributed by atoms with Gasteiger partial charge in [-0.1, -0.05) is 24.3 Å². The van der Waals surface area contributed by atoms with Gasteiger partial charge in [0, 0.05) is 19.0 Å². The van der Waals surface area contributed by atoms with E-state index >= 15 is 0 Å². The molecule has 1 heterocycles. The molecule has 0 aliphatic carbocycles. The van der Waals surface area contributed by atoms with Gasteiger partial charge in [0.2, 0.25) is 0 Å². The first-order valence-corrected chi connectivity index (χ1v) is 8.07. The molecule has 0 saturated carbocycles. The van der Waals surface area contributed by atoms with Gasteiger partial charge in [0.15, 0.2) is 0 Å². The van der Waals surface area contributed by atoms with Gasteiger partial charge < -0.3 is 10.3 Å². The maximum Gasteiger partial charge on any atom is 0.258 e. The van der Waals surface area contributed by atoms with Crippen LogP contribution in [0.3, 0.4) is 0 Å². The number of halogens is 1. The normalized spacial score (nSPS) is 12.4. The number of nitrogens with zero attached hydrogens (tertiary/aromatic N) is 1. The molecule has 0 radical (unpaired) electrons. The number of H-pyrrole nitrogens is 1. The second-order valence-corrected chi connectivity index (χ2v) is 5.97. The van der Waals surface area contributed by atoms with Gasteiger partial charge in [0.1, 0.15) is 11.6 Å². The number of hydrogen-bond donors (Lipinski definition) is 2. The molecule has 5 heteroatoms. The lowest BCUT2D eigenvalue weighted by Gasteiger charge is -2.13. The molecule has 0 fully saturated rings. The number of hydrogen-bond acceptors (Lipinski definition) is 3. The van der Waals surface area contributed by atoms with Crippen molar-refractivity contribution in [1.82, 2.24) is 15.3 Å². The van der Waals surface area contributed by atoms with E-state index in [1.807, 2.05) is 24.3 Å². The smallest absolute Gasteiger partial charge is 0.258 e. The Morgan fingerprint density at radius 2 is 2.04 bits per heavy atom. The first-order chi connectivity index (χ1) is 11.6. The van der Waals surface area contributed by atoms with Gasteiger partial charge in [-0.3, -0.25) is 4.79 Å². The second-order valence-electron chi connectivity index (χ2n) is 5.97. The summed E-state index contributed by atoms with van der Waals surface area (Å²) in [7, 11) is 0. The molecule has 0 amide bonds. The first kappa shape index (κ1) is 16.3. The fraction of sp³-hybridized carbons (Fsp3) is 0.263. The Morgan fingerprint density at radius 3 is 2.88 bits per heavy atom. The van der Waals surface area contributed by atoms with E-state index in [0.29, 0.717) is 29.7 Å². The van der Waals surface area contributed by atoms with E-state index in [-0.39, 0.29) is 17.4 Å². The maximum atomic E-state index is 13.2. The summed E-state index contributed by atoms with van der Waals surface area (Å²) in [6, 6.07) is 14.2. The van der Waals surface area contributed by atoms with E-state index in [2.05, 4.69) is 22.2 Å². The van der Waals surface area contributed by atoms with Crippen LogP contribution in [0.15, 0.2) is 53.3 Å². The minimum absolute atomic E-state index is 0.108. The summed E-state index contributed by atoms with van der Waals surface area (Å²) < 4.78 is 13.2. The van der Waals surface area contributed by atoms with Gasteiger partial charge in [-0.25, -0.2) is 9.37 Å². The zero-order valence-electron chi connectivity index (χ0n) is 13.6. The number of aromatic nitrogens is 2.